The van der Waals surface area contributed by atoms with Crippen molar-refractivity contribution in [2.45, 2.75) is 58.9 Å². The lowest BCUT2D eigenvalue weighted by atomic mass is 10.1. The highest BCUT2D eigenvalue weighted by Crippen LogP contribution is 2.24. The van der Waals surface area contributed by atoms with E-state index >= 15 is 0 Å². The summed E-state index contributed by atoms with van der Waals surface area (Å²) in [4.78, 5) is 35.1. The van der Waals surface area contributed by atoms with Crippen LogP contribution in [0.25, 0.3) is 0 Å². The molecule has 170 valence electrons. The van der Waals surface area contributed by atoms with E-state index < -0.39 is 6.04 Å². The smallest absolute Gasteiger partial charge is 0.277 e. The molecule has 33 heavy (non-hydrogen) atoms. The van der Waals surface area contributed by atoms with Gasteiger partial charge in [0.05, 0.1) is 11.9 Å². The summed E-state index contributed by atoms with van der Waals surface area (Å²) in [5, 5.41) is 9.47. The topological polar surface area (TPSA) is 101 Å². The normalized spacial score (nSPS) is 16.4. The molecule has 2 aliphatic heterocycles. The predicted molar refractivity (Wildman–Crippen MR) is 126 cm³/mol. The monoisotopic (exact) mass is 444 g/mol. The molecule has 0 saturated carbocycles. The Labute approximate surface area is 192 Å². The average molecular weight is 445 g/mol. The molecule has 8 heteroatoms. The van der Waals surface area contributed by atoms with Gasteiger partial charge in [0.25, 0.3) is 5.56 Å². The third-order valence-corrected chi connectivity index (χ3v) is 6.28. The second kappa shape index (κ2) is 8.78. The van der Waals surface area contributed by atoms with E-state index in [9.17, 15) is 9.59 Å². The number of pyridine rings is 1. The molecule has 0 bridgehead atoms. The van der Waals surface area contributed by atoms with Crippen LogP contribution in [0, 0.1) is 13.8 Å². The summed E-state index contributed by atoms with van der Waals surface area (Å²) in [6.07, 6.45) is 4.57. The molecule has 5 rings (SSSR count). The molecule has 1 aromatic carbocycles. The van der Waals surface area contributed by atoms with Crippen molar-refractivity contribution in [1.29, 1.82) is 0 Å². The lowest BCUT2D eigenvalue weighted by molar-refractivity contribution is -0.124. The Bertz CT molecular complexity index is 1260. The van der Waals surface area contributed by atoms with Crippen LogP contribution in [-0.2, 0) is 37.4 Å². The van der Waals surface area contributed by atoms with Crippen molar-refractivity contribution < 1.29 is 4.79 Å². The highest BCUT2D eigenvalue weighted by molar-refractivity contribution is 5.80. The molecule has 1 atom stereocenters. The molecule has 0 fully saturated rings. The summed E-state index contributed by atoms with van der Waals surface area (Å²) in [5.41, 5.74) is 6.87. The third-order valence-electron chi connectivity index (χ3n) is 6.28. The molecule has 0 aliphatic carbocycles. The Balaban J connectivity index is 1.29. The van der Waals surface area contributed by atoms with Gasteiger partial charge in [-0.3, -0.25) is 19.1 Å². The number of fused-ring (bicyclic) bond motifs is 2. The Morgan fingerprint density at radius 3 is 2.70 bits per heavy atom. The van der Waals surface area contributed by atoms with Gasteiger partial charge in [-0.15, -0.1) is 0 Å². The molecule has 0 spiro atoms. The molecular formula is C25H28N6O2. The summed E-state index contributed by atoms with van der Waals surface area (Å²) >= 11 is 0. The minimum atomic E-state index is -0.549. The van der Waals surface area contributed by atoms with Gasteiger partial charge < -0.3 is 16.0 Å². The van der Waals surface area contributed by atoms with E-state index in [0.29, 0.717) is 37.4 Å². The van der Waals surface area contributed by atoms with Crippen molar-refractivity contribution in [2.24, 2.45) is 0 Å². The Hall–Kier alpha value is -3.52. The van der Waals surface area contributed by atoms with E-state index in [-0.39, 0.29) is 11.5 Å². The molecular weight excluding hydrogens is 416 g/mol. The number of benzene rings is 1. The first-order chi connectivity index (χ1) is 16.0. The van der Waals surface area contributed by atoms with E-state index in [4.69, 9.17) is 0 Å². The molecule has 3 N–H and O–H groups in total. The van der Waals surface area contributed by atoms with Crippen molar-refractivity contribution in [1.82, 2.24) is 25.2 Å². The maximum Gasteiger partial charge on any atom is 0.277 e. The lowest BCUT2D eigenvalue weighted by Crippen LogP contribution is -2.36. The number of aromatic nitrogens is 3. The van der Waals surface area contributed by atoms with Crippen molar-refractivity contribution in [2.75, 3.05) is 5.32 Å². The lowest BCUT2D eigenvalue weighted by Gasteiger charge is -2.16. The standard InChI is InChI=1S/C25H28N6O2/c1-15-5-16(2)7-17(6-15)9-28-21-14-29-23-4-3-22(31(23)25(21)33)24(32)30-11-18-8-19-12-26-13-20(19)27-10-18/h5-8,10,14,22,26,28H,3-4,9,11-13H2,1-2H3,(H,30,32). The van der Waals surface area contributed by atoms with E-state index in [1.54, 1.807) is 17.0 Å². The van der Waals surface area contributed by atoms with E-state index in [2.05, 4.69) is 64.0 Å². The molecule has 0 radical (unpaired) electrons. The van der Waals surface area contributed by atoms with E-state index in [1.807, 2.05) is 0 Å². The summed E-state index contributed by atoms with van der Waals surface area (Å²) in [6.45, 7) is 6.62. The Kier molecular flexibility index (Phi) is 5.68. The first-order valence-electron chi connectivity index (χ1n) is 11.3. The number of nitrogens with zero attached hydrogens (tertiary/aromatic N) is 3. The van der Waals surface area contributed by atoms with E-state index in [0.717, 1.165) is 29.9 Å². The number of carbonyl (C=O) groups is 1. The number of nitrogens with one attached hydrogen (secondary N) is 3. The van der Waals surface area contributed by atoms with Crippen LogP contribution in [0.15, 0.2) is 41.5 Å². The Morgan fingerprint density at radius 2 is 1.88 bits per heavy atom. The van der Waals surface area contributed by atoms with Crippen LogP contribution < -0.4 is 21.5 Å². The van der Waals surface area contributed by atoms with Crippen molar-refractivity contribution in [3.63, 3.8) is 0 Å². The minimum Gasteiger partial charge on any atom is -0.375 e. The second-order valence-electron chi connectivity index (χ2n) is 8.94. The quantitative estimate of drug-likeness (QED) is 0.539. The molecule has 4 heterocycles. The molecule has 1 unspecified atom stereocenters. The van der Waals surface area contributed by atoms with Gasteiger partial charge in [-0.2, -0.15) is 0 Å². The SMILES string of the molecule is Cc1cc(C)cc(CNc2cnc3n(c2=O)C(C(=O)NCc2cnc4c(c2)CNC4)CC3)c1. The van der Waals surface area contributed by atoms with Gasteiger partial charge in [-0.05, 0) is 43.0 Å². The maximum absolute atomic E-state index is 13.2. The van der Waals surface area contributed by atoms with Gasteiger partial charge in [0.15, 0.2) is 0 Å². The number of carbonyl (C=O) groups excluding carboxylic acids is 1. The van der Waals surface area contributed by atoms with Crippen LogP contribution in [0.5, 0.6) is 0 Å². The van der Waals surface area contributed by atoms with Crippen LogP contribution in [-0.4, -0.2) is 20.4 Å². The first-order valence-corrected chi connectivity index (χ1v) is 11.3. The van der Waals surface area contributed by atoms with Gasteiger partial charge in [0.2, 0.25) is 5.91 Å². The highest BCUT2D eigenvalue weighted by Gasteiger charge is 2.31. The zero-order chi connectivity index (χ0) is 22.9. The van der Waals surface area contributed by atoms with Crippen molar-refractivity contribution >= 4 is 11.6 Å². The molecule has 8 nitrogen and oxygen atoms in total. The summed E-state index contributed by atoms with van der Waals surface area (Å²) in [6, 6.07) is 7.84. The van der Waals surface area contributed by atoms with Crippen LogP contribution in [0.4, 0.5) is 5.69 Å². The summed E-state index contributed by atoms with van der Waals surface area (Å²) < 4.78 is 1.55. The van der Waals surface area contributed by atoms with E-state index in [1.165, 1.54) is 16.7 Å². The van der Waals surface area contributed by atoms with Gasteiger partial charge in [-0.1, -0.05) is 29.3 Å². The van der Waals surface area contributed by atoms with Gasteiger partial charge in [0, 0.05) is 38.8 Å². The number of hydrogen-bond donors (Lipinski definition) is 3. The van der Waals surface area contributed by atoms with Crippen molar-refractivity contribution in [3.8, 4) is 0 Å². The fourth-order valence-corrected chi connectivity index (χ4v) is 4.76. The van der Waals surface area contributed by atoms with Gasteiger partial charge >= 0.3 is 0 Å². The summed E-state index contributed by atoms with van der Waals surface area (Å²) in [5.74, 6) is 0.491. The van der Waals surface area contributed by atoms with Gasteiger partial charge in [-0.25, -0.2) is 4.98 Å². The largest absolute Gasteiger partial charge is 0.375 e. The number of aryl methyl sites for hydroxylation is 3. The number of hydrogen-bond acceptors (Lipinski definition) is 6. The van der Waals surface area contributed by atoms with Gasteiger partial charge in [0.1, 0.15) is 17.6 Å². The van der Waals surface area contributed by atoms with Crippen LogP contribution in [0.2, 0.25) is 0 Å². The zero-order valence-corrected chi connectivity index (χ0v) is 18.9. The molecule has 3 aromatic rings. The predicted octanol–water partition coefficient (Wildman–Crippen LogP) is 2.27. The second-order valence-corrected chi connectivity index (χ2v) is 8.94. The molecule has 2 aliphatic rings. The fourth-order valence-electron chi connectivity index (χ4n) is 4.76. The maximum atomic E-state index is 13.2. The highest BCUT2D eigenvalue weighted by atomic mass is 16.2. The Morgan fingerprint density at radius 1 is 1.06 bits per heavy atom. The third kappa shape index (κ3) is 4.39. The molecule has 2 aromatic heterocycles. The van der Waals surface area contributed by atoms with Crippen LogP contribution >= 0.6 is 0 Å². The molecule has 1 amide bonds. The van der Waals surface area contributed by atoms with Crippen molar-refractivity contribution in [3.05, 3.63) is 86.3 Å². The van der Waals surface area contributed by atoms with Crippen LogP contribution in [0.3, 0.4) is 0 Å². The number of amides is 1. The zero-order valence-electron chi connectivity index (χ0n) is 18.9. The summed E-state index contributed by atoms with van der Waals surface area (Å²) in [7, 11) is 0. The fraction of sp³-hybridized carbons (Fsp3) is 0.360. The number of anilines is 1. The number of rotatable bonds is 6. The minimum absolute atomic E-state index is 0.164. The molecule has 0 saturated heterocycles. The van der Waals surface area contributed by atoms with Crippen LogP contribution in [0.1, 0.15) is 51.8 Å². The first kappa shape index (κ1) is 21.3. The average Bonchev–Trinajstić information content (AvgIpc) is 3.43.